The molecule has 0 aromatic rings. The lowest BCUT2D eigenvalue weighted by molar-refractivity contribution is -0.137. The second kappa shape index (κ2) is 7.54. The Kier molecular flexibility index (Phi) is 5.84. The zero-order chi connectivity index (χ0) is 9.23. The summed E-state index contributed by atoms with van der Waals surface area (Å²) in [6, 6.07) is 0. The van der Waals surface area contributed by atoms with E-state index in [1.807, 2.05) is 0 Å². The van der Waals surface area contributed by atoms with Gasteiger partial charge in [-0.25, -0.2) is 0 Å². The fraction of sp³-hybridized carbons (Fsp3) is 0.875. The molecule has 0 spiro atoms. The molecular weight excluding hydrogens is 142 g/mol. The van der Waals surface area contributed by atoms with Gasteiger partial charge in [-0.15, -0.1) is 0 Å². The van der Waals surface area contributed by atoms with Crippen molar-refractivity contribution < 1.29 is 9.90 Å². The number of unbranched alkanes of at least 4 members (excludes halogenated alkanes) is 4. The molecular formula is C8H17NO2. The summed E-state index contributed by atoms with van der Waals surface area (Å²) >= 11 is 0. The van der Waals surface area contributed by atoms with Crippen molar-refractivity contribution >= 4 is 5.97 Å². The Morgan fingerprint density at radius 2 is 1.91 bits per heavy atom. The average Bonchev–Trinajstić information content (AvgIpc) is 2.10. The van der Waals surface area contributed by atoms with E-state index in [1.54, 1.807) is 0 Å². The monoisotopic (exact) mass is 160 g/mol. The lowest BCUT2D eigenvalue weighted by atomic mass is 10.1. The fourth-order valence-electron chi connectivity index (χ4n) is 0.944. The first kappa shape index (κ1) is 8.53. The molecule has 3 N–H and O–H groups in total. The van der Waals surface area contributed by atoms with Gasteiger partial charge in [0.25, 0.3) is 1.43 Å². The summed E-state index contributed by atoms with van der Waals surface area (Å²) in [5.41, 5.74) is 5.31. The summed E-state index contributed by atoms with van der Waals surface area (Å²) in [6.07, 6.45) is 5.52. The van der Waals surface area contributed by atoms with Gasteiger partial charge in [0.05, 0.1) is 0 Å². The molecule has 0 aliphatic rings. The van der Waals surface area contributed by atoms with Crippen molar-refractivity contribution in [3.05, 3.63) is 0 Å². The van der Waals surface area contributed by atoms with Crippen LogP contribution in [0.2, 0.25) is 0 Å². The first-order valence-corrected chi connectivity index (χ1v) is 4.17. The van der Waals surface area contributed by atoms with Crippen LogP contribution in [0.5, 0.6) is 0 Å². The highest BCUT2D eigenvalue weighted by atomic mass is 16.4. The number of carbonyl (C=O) groups is 1. The Bertz CT molecular complexity index is 120. The lowest BCUT2D eigenvalue weighted by Gasteiger charge is -1.97. The Morgan fingerprint density at radius 3 is 2.55 bits per heavy atom. The number of carboxylic acids is 1. The maximum absolute atomic E-state index is 10.5. The minimum absolute atomic E-state index is 0.367. The smallest absolute Gasteiger partial charge is 0.303 e. The molecule has 66 valence electrons. The van der Waals surface area contributed by atoms with Crippen LogP contribution in [0.4, 0.5) is 0 Å². The maximum Gasteiger partial charge on any atom is 0.303 e. The number of hydrogen-bond acceptors (Lipinski definition) is 3. The molecule has 0 aromatic carbocycles. The van der Waals surface area contributed by atoms with Gasteiger partial charge in [0.2, 0.25) is 0 Å². The molecule has 0 aromatic heterocycles. The van der Waals surface area contributed by atoms with E-state index in [-0.39, 0.29) is 0 Å². The topological polar surface area (TPSA) is 63.3 Å². The number of hydrogen-bond donors (Lipinski definition) is 2. The molecule has 0 fully saturated rings. The predicted octanol–water partition coefficient (Wildman–Crippen LogP) is 1.37. The zero-order valence-corrected chi connectivity index (χ0v) is 6.84. The summed E-state index contributed by atoms with van der Waals surface area (Å²) in [7, 11) is 0. The minimum atomic E-state index is -0.436. The van der Waals surface area contributed by atoms with E-state index >= 15 is 0 Å². The molecule has 0 heterocycles. The van der Waals surface area contributed by atoms with Crippen molar-refractivity contribution in [2.24, 2.45) is 5.73 Å². The summed E-state index contributed by atoms with van der Waals surface area (Å²) in [5, 5.41) is 3.77. The Hall–Kier alpha value is -0.570. The van der Waals surface area contributed by atoms with Crippen molar-refractivity contribution in [3.8, 4) is 0 Å². The number of nitrogens with two attached hydrogens (primary N) is 1. The molecule has 0 radical (unpaired) electrons. The fourth-order valence-corrected chi connectivity index (χ4v) is 0.944. The largest absolute Gasteiger partial charge is 0.481 e. The third-order valence-corrected chi connectivity index (χ3v) is 1.59. The highest BCUT2D eigenvalue weighted by molar-refractivity contribution is 5.66. The normalized spacial score (nSPS) is 10.8. The van der Waals surface area contributed by atoms with E-state index in [9.17, 15) is 4.79 Å². The maximum atomic E-state index is 10.5. The molecule has 0 rings (SSSR count). The molecule has 0 aliphatic carbocycles. The van der Waals surface area contributed by atoms with Gasteiger partial charge in [-0.3, -0.25) is 4.79 Å². The summed E-state index contributed by atoms with van der Waals surface area (Å²) < 4.78 is 6.29. The molecule has 0 saturated carbocycles. The number of rotatable bonds is 7. The highest BCUT2D eigenvalue weighted by Crippen LogP contribution is 2.04. The molecule has 0 amide bonds. The minimum Gasteiger partial charge on any atom is -0.481 e. The van der Waals surface area contributed by atoms with Crippen LogP contribution in [0.15, 0.2) is 0 Å². The molecule has 0 bridgehead atoms. The van der Waals surface area contributed by atoms with Crippen LogP contribution in [0.3, 0.4) is 0 Å². The van der Waals surface area contributed by atoms with Crippen LogP contribution in [-0.2, 0) is 4.79 Å². The highest BCUT2D eigenvalue weighted by Gasteiger charge is 1.95. The molecule has 0 unspecified atom stereocenters. The summed E-state index contributed by atoms with van der Waals surface area (Å²) in [5.74, 6) is -0.436. The SMILES string of the molecule is [2H]OC(=O)CCCCCCCN. The van der Waals surface area contributed by atoms with E-state index in [4.69, 9.17) is 7.16 Å². The van der Waals surface area contributed by atoms with Crippen LogP contribution in [0.1, 0.15) is 38.5 Å². The number of carboxylic acid groups (broad SMARTS) is 1. The summed E-state index contributed by atoms with van der Waals surface area (Å²) in [6.45, 7) is 0.745. The van der Waals surface area contributed by atoms with Gasteiger partial charge >= 0.3 is 5.97 Å². The Balaban J connectivity index is 2.95. The average molecular weight is 160 g/mol. The van der Waals surface area contributed by atoms with Gasteiger partial charge in [0.1, 0.15) is 0 Å². The van der Waals surface area contributed by atoms with Crippen LogP contribution in [-0.4, -0.2) is 17.6 Å². The van der Waals surface area contributed by atoms with E-state index in [0.29, 0.717) is 6.42 Å². The van der Waals surface area contributed by atoms with Crippen LogP contribution >= 0.6 is 0 Å². The van der Waals surface area contributed by atoms with Gasteiger partial charge in [-0.1, -0.05) is 19.3 Å². The van der Waals surface area contributed by atoms with Crippen LogP contribution in [0.25, 0.3) is 1.43 Å². The van der Waals surface area contributed by atoms with Crippen molar-refractivity contribution in [3.63, 3.8) is 0 Å². The van der Waals surface area contributed by atoms with Gasteiger partial charge in [0.15, 0.2) is 0 Å². The Morgan fingerprint density at radius 1 is 1.27 bits per heavy atom. The van der Waals surface area contributed by atoms with E-state index < -0.39 is 5.97 Å². The molecule has 3 heteroatoms. The summed E-state index contributed by atoms with van der Waals surface area (Å²) in [4.78, 5) is 10.5. The Labute approximate surface area is 69.1 Å². The first-order valence-electron chi connectivity index (χ1n) is 4.58. The second-order valence-corrected chi connectivity index (χ2v) is 2.68. The molecule has 3 nitrogen and oxygen atoms in total. The van der Waals surface area contributed by atoms with Gasteiger partial charge in [-0.2, -0.15) is 0 Å². The van der Waals surface area contributed by atoms with Crippen LogP contribution < -0.4 is 5.73 Å². The van der Waals surface area contributed by atoms with Crippen LogP contribution in [0, 0.1) is 0 Å². The molecule has 0 aliphatic heterocycles. The standard InChI is InChI=1S/C8H17NO2/c9-7-5-3-1-2-4-6-8(10)11/h1-7,9H2,(H,10,11)/i/hD. The molecule has 0 atom stereocenters. The lowest BCUT2D eigenvalue weighted by Crippen LogP contribution is -1.98. The molecule has 11 heavy (non-hydrogen) atoms. The second-order valence-electron chi connectivity index (χ2n) is 2.68. The van der Waals surface area contributed by atoms with Gasteiger partial charge in [-0.05, 0) is 19.4 Å². The zero-order valence-electron chi connectivity index (χ0n) is 7.84. The van der Waals surface area contributed by atoms with E-state index in [0.717, 1.165) is 38.6 Å². The van der Waals surface area contributed by atoms with E-state index in [1.165, 1.54) is 0 Å². The third kappa shape index (κ3) is 9.43. The van der Waals surface area contributed by atoms with E-state index in [2.05, 4.69) is 5.11 Å². The van der Waals surface area contributed by atoms with Crippen molar-refractivity contribution in [2.75, 3.05) is 6.54 Å². The third-order valence-electron chi connectivity index (χ3n) is 1.59. The number of aliphatic carboxylic acids is 1. The van der Waals surface area contributed by atoms with Crippen molar-refractivity contribution in [1.29, 1.82) is 1.43 Å². The quantitative estimate of drug-likeness (QED) is 0.553. The van der Waals surface area contributed by atoms with Gasteiger partial charge in [0, 0.05) is 6.42 Å². The van der Waals surface area contributed by atoms with Crippen molar-refractivity contribution in [2.45, 2.75) is 38.5 Å². The first-order chi connectivity index (χ1) is 5.81. The van der Waals surface area contributed by atoms with Gasteiger partial charge < -0.3 is 10.8 Å². The molecule has 0 saturated heterocycles. The van der Waals surface area contributed by atoms with Crippen molar-refractivity contribution in [1.82, 2.24) is 0 Å². The predicted molar refractivity (Wildman–Crippen MR) is 44.4 cm³/mol.